The zero-order valence-corrected chi connectivity index (χ0v) is 11.2. The van der Waals surface area contributed by atoms with Gasteiger partial charge in [-0.25, -0.2) is 0 Å². The van der Waals surface area contributed by atoms with E-state index in [9.17, 15) is 13.2 Å². The second-order valence-corrected chi connectivity index (χ2v) is 5.22. The van der Waals surface area contributed by atoms with Crippen molar-refractivity contribution in [2.45, 2.75) is 50.7 Å². The van der Waals surface area contributed by atoms with Gasteiger partial charge in [0.25, 0.3) is 0 Å². The van der Waals surface area contributed by atoms with Crippen molar-refractivity contribution < 1.29 is 13.2 Å². The van der Waals surface area contributed by atoms with Gasteiger partial charge < -0.3 is 4.90 Å². The Morgan fingerprint density at radius 3 is 2.47 bits per heavy atom. The molecule has 1 aromatic carbocycles. The van der Waals surface area contributed by atoms with Crippen LogP contribution in [0.5, 0.6) is 0 Å². The Kier molecular flexibility index (Phi) is 4.07. The molecule has 1 unspecified atom stereocenters. The van der Waals surface area contributed by atoms with E-state index >= 15 is 0 Å². The van der Waals surface area contributed by atoms with Crippen LogP contribution in [0.1, 0.15) is 39.0 Å². The van der Waals surface area contributed by atoms with E-state index in [-0.39, 0.29) is 12.8 Å². The maximum absolute atomic E-state index is 13.6. The second kappa shape index (κ2) is 5.43. The first-order valence-electron chi connectivity index (χ1n) is 6.91. The third-order valence-corrected chi connectivity index (χ3v) is 4.03. The lowest BCUT2D eigenvalue weighted by Gasteiger charge is -2.41. The van der Waals surface area contributed by atoms with Crippen molar-refractivity contribution in [3.05, 3.63) is 30.3 Å². The molecule has 1 heterocycles. The fourth-order valence-corrected chi connectivity index (χ4v) is 3.03. The summed E-state index contributed by atoms with van der Waals surface area (Å²) in [6.07, 6.45) is -1.75. The molecular weight excluding hydrogens is 251 g/mol. The van der Waals surface area contributed by atoms with E-state index < -0.39 is 11.7 Å². The standard InChI is InChI=1S/C15H20F3N/c1-2-3-10-14(15(16,17)18)11-7-12-19(14)13-8-5-4-6-9-13/h4-6,8-9H,2-3,7,10-12H2,1H3. The molecule has 0 aliphatic carbocycles. The fourth-order valence-electron chi connectivity index (χ4n) is 3.03. The smallest absolute Gasteiger partial charge is 0.357 e. The van der Waals surface area contributed by atoms with Gasteiger partial charge in [0.05, 0.1) is 0 Å². The van der Waals surface area contributed by atoms with Gasteiger partial charge >= 0.3 is 6.18 Å². The largest absolute Gasteiger partial charge is 0.411 e. The fraction of sp³-hybridized carbons (Fsp3) is 0.600. The first-order valence-corrected chi connectivity index (χ1v) is 6.91. The highest BCUT2D eigenvalue weighted by Gasteiger charge is 2.59. The first kappa shape index (κ1) is 14.2. The van der Waals surface area contributed by atoms with Crippen molar-refractivity contribution in [2.24, 2.45) is 0 Å². The minimum Gasteiger partial charge on any atom is -0.357 e. The summed E-state index contributed by atoms with van der Waals surface area (Å²) in [6, 6.07) is 8.99. The monoisotopic (exact) mass is 271 g/mol. The average Bonchev–Trinajstić information content (AvgIpc) is 2.82. The molecule has 1 aromatic rings. The topological polar surface area (TPSA) is 3.24 Å². The lowest BCUT2D eigenvalue weighted by atomic mass is 9.88. The quantitative estimate of drug-likeness (QED) is 0.762. The molecule has 0 bridgehead atoms. The minimum atomic E-state index is -4.17. The van der Waals surface area contributed by atoms with E-state index in [0.29, 0.717) is 25.1 Å². The molecule has 1 fully saturated rings. The van der Waals surface area contributed by atoms with Gasteiger partial charge in [-0.2, -0.15) is 13.2 Å². The Morgan fingerprint density at radius 1 is 1.21 bits per heavy atom. The number of rotatable bonds is 4. The Morgan fingerprint density at radius 2 is 1.89 bits per heavy atom. The number of alkyl halides is 3. The molecule has 1 nitrogen and oxygen atoms in total. The van der Waals surface area contributed by atoms with Crippen molar-refractivity contribution in [3.8, 4) is 0 Å². The molecule has 106 valence electrons. The molecule has 1 saturated heterocycles. The van der Waals surface area contributed by atoms with Crippen molar-refractivity contribution in [3.63, 3.8) is 0 Å². The molecule has 0 spiro atoms. The summed E-state index contributed by atoms with van der Waals surface area (Å²) in [7, 11) is 0. The zero-order chi connectivity index (χ0) is 13.9. The van der Waals surface area contributed by atoms with Crippen LogP contribution in [0.4, 0.5) is 18.9 Å². The van der Waals surface area contributed by atoms with Gasteiger partial charge in [0.1, 0.15) is 5.54 Å². The summed E-state index contributed by atoms with van der Waals surface area (Å²) in [5.41, 5.74) is -0.974. The molecule has 1 aliphatic heterocycles. The number of nitrogens with zero attached hydrogens (tertiary/aromatic N) is 1. The Hall–Kier alpha value is -1.19. The third kappa shape index (κ3) is 2.58. The van der Waals surface area contributed by atoms with Gasteiger partial charge in [-0.1, -0.05) is 38.0 Å². The lowest BCUT2D eigenvalue weighted by molar-refractivity contribution is -0.186. The minimum absolute atomic E-state index is 0.196. The normalized spacial score (nSPS) is 23.9. The molecule has 4 heteroatoms. The molecule has 2 rings (SSSR count). The van der Waals surface area contributed by atoms with E-state index in [0.717, 1.165) is 6.42 Å². The van der Waals surface area contributed by atoms with Crippen LogP contribution in [0.3, 0.4) is 0 Å². The SMILES string of the molecule is CCCCC1(C(F)(F)F)CCCN1c1ccccc1. The average molecular weight is 271 g/mol. The number of halogens is 3. The molecule has 1 atom stereocenters. The molecule has 0 N–H and O–H groups in total. The third-order valence-electron chi connectivity index (χ3n) is 4.03. The van der Waals surface area contributed by atoms with Crippen molar-refractivity contribution in [2.75, 3.05) is 11.4 Å². The van der Waals surface area contributed by atoms with Gasteiger partial charge in [-0.3, -0.25) is 0 Å². The van der Waals surface area contributed by atoms with Gasteiger partial charge in [-0.15, -0.1) is 0 Å². The highest BCUT2D eigenvalue weighted by Crippen LogP contribution is 2.48. The summed E-state index contributed by atoms with van der Waals surface area (Å²) in [6.45, 7) is 2.43. The Balaban J connectivity index is 2.35. The number of para-hydroxylation sites is 1. The lowest BCUT2D eigenvalue weighted by Crippen LogP contribution is -2.55. The van der Waals surface area contributed by atoms with Gasteiger partial charge in [0.15, 0.2) is 0 Å². The predicted molar refractivity (Wildman–Crippen MR) is 71.3 cm³/mol. The number of hydrogen-bond donors (Lipinski definition) is 0. The molecule has 0 amide bonds. The van der Waals surface area contributed by atoms with Gasteiger partial charge in [-0.05, 0) is 31.4 Å². The Bertz CT molecular complexity index is 402. The summed E-state index contributed by atoms with van der Waals surface area (Å²) in [5, 5.41) is 0. The van der Waals surface area contributed by atoms with Crippen LogP contribution in [-0.2, 0) is 0 Å². The van der Waals surface area contributed by atoms with Crippen LogP contribution in [0.15, 0.2) is 30.3 Å². The van der Waals surface area contributed by atoms with E-state index in [1.165, 1.54) is 0 Å². The summed E-state index contributed by atoms with van der Waals surface area (Å²) in [4.78, 5) is 1.57. The van der Waals surface area contributed by atoms with E-state index in [4.69, 9.17) is 0 Å². The van der Waals surface area contributed by atoms with Crippen LogP contribution in [0, 0.1) is 0 Å². The van der Waals surface area contributed by atoms with E-state index in [2.05, 4.69) is 0 Å². The molecule has 19 heavy (non-hydrogen) atoms. The number of anilines is 1. The summed E-state index contributed by atoms with van der Waals surface area (Å²) >= 11 is 0. The Labute approximate surface area is 112 Å². The summed E-state index contributed by atoms with van der Waals surface area (Å²) < 4.78 is 40.9. The molecule has 1 aliphatic rings. The van der Waals surface area contributed by atoms with Gasteiger partial charge in [0.2, 0.25) is 0 Å². The molecule has 0 aromatic heterocycles. The van der Waals surface area contributed by atoms with Crippen molar-refractivity contribution in [1.29, 1.82) is 0 Å². The second-order valence-electron chi connectivity index (χ2n) is 5.22. The van der Waals surface area contributed by atoms with Crippen LogP contribution in [-0.4, -0.2) is 18.3 Å². The highest BCUT2D eigenvalue weighted by molar-refractivity contribution is 5.51. The van der Waals surface area contributed by atoms with E-state index in [1.807, 2.05) is 13.0 Å². The molecule has 0 saturated carbocycles. The number of benzene rings is 1. The molecular formula is C15H20F3N. The number of hydrogen-bond acceptors (Lipinski definition) is 1. The summed E-state index contributed by atoms with van der Waals surface area (Å²) in [5.74, 6) is 0. The maximum atomic E-state index is 13.6. The van der Waals surface area contributed by atoms with Crippen LogP contribution in [0.2, 0.25) is 0 Å². The highest BCUT2D eigenvalue weighted by atomic mass is 19.4. The van der Waals surface area contributed by atoms with Crippen LogP contribution >= 0.6 is 0 Å². The van der Waals surface area contributed by atoms with E-state index in [1.54, 1.807) is 29.2 Å². The maximum Gasteiger partial charge on any atom is 0.411 e. The predicted octanol–water partition coefficient (Wildman–Crippen LogP) is 4.78. The van der Waals surface area contributed by atoms with Crippen molar-refractivity contribution in [1.82, 2.24) is 0 Å². The molecule has 0 radical (unpaired) electrons. The number of unbranched alkanes of at least 4 members (excludes halogenated alkanes) is 1. The first-order chi connectivity index (χ1) is 9.01. The zero-order valence-electron chi connectivity index (χ0n) is 11.2. The van der Waals surface area contributed by atoms with Crippen molar-refractivity contribution >= 4 is 5.69 Å². The van der Waals surface area contributed by atoms with Crippen LogP contribution < -0.4 is 4.90 Å². The van der Waals surface area contributed by atoms with Gasteiger partial charge in [0, 0.05) is 12.2 Å². The van der Waals surface area contributed by atoms with Crippen LogP contribution in [0.25, 0.3) is 0 Å².